The summed E-state index contributed by atoms with van der Waals surface area (Å²) in [6.45, 7) is 0. The fourth-order valence-electron chi connectivity index (χ4n) is 2.49. The second-order valence-electron chi connectivity index (χ2n) is 5.32. The van der Waals surface area contributed by atoms with Crippen molar-refractivity contribution in [2.45, 2.75) is 6.42 Å². The van der Waals surface area contributed by atoms with Crippen molar-refractivity contribution >= 4 is 22.7 Å². The quantitative estimate of drug-likeness (QED) is 0.605. The summed E-state index contributed by atoms with van der Waals surface area (Å²) in [5, 5.41) is 15.2. The Hall–Kier alpha value is -3.22. The topological polar surface area (TPSA) is 84.3 Å². The van der Waals surface area contributed by atoms with Crippen molar-refractivity contribution in [2.24, 2.45) is 7.05 Å². The minimum atomic E-state index is 0.528. The highest BCUT2D eigenvalue weighted by Crippen LogP contribution is 2.20. The zero-order valence-corrected chi connectivity index (χ0v) is 12.6. The molecule has 1 aromatic carbocycles. The van der Waals surface area contributed by atoms with Crippen molar-refractivity contribution in [1.29, 1.82) is 0 Å². The minimum absolute atomic E-state index is 0.528. The van der Waals surface area contributed by atoms with Gasteiger partial charge in [-0.2, -0.15) is 15.2 Å². The van der Waals surface area contributed by atoms with Crippen LogP contribution in [-0.4, -0.2) is 29.9 Å². The number of fused-ring (bicyclic) bond motifs is 1. The summed E-state index contributed by atoms with van der Waals surface area (Å²) in [5.41, 5.74) is 3.69. The van der Waals surface area contributed by atoms with E-state index in [1.54, 1.807) is 17.1 Å². The van der Waals surface area contributed by atoms with E-state index >= 15 is 0 Å². The smallest absolute Gasteiger partial charge is 0.229 e. The molecule has 0 radical (unpaired) electrons. The predicted molar refractivity (Wildman–Crippen MR) is 87.4 cm³/mol. The minimum Gasteiger partial charge on any atom is -0.321 e. The van der Waals surface area contributed by atoms with Crippen molar-refractivity contribution < 1.29 is 0 Å². The summed E-state index contributed by atoms with van der Waals surface area (Å²) in [6.07, 6.45) is 6.09. The molecule has 0 aliphatic heterocycles. The molecule has 0 saturated carbocycles. The van der Waals surface area contributed by atoms with Crippen LogP contribution in [0.5, 0.6) is 0 Å². The Morgan fingerprint density at radius 3 is 2.78 bits per heavy atom. The van der Waals surface area contributed by atoms with E-state index in [0.29, 0.717) is 5.95 Å². The summed E-state index contributed by atoms with van der Waals surface area (Å²) in [7, 11) is 1.87. The number of aryl methyl sites for hydroxylation is 1. The maximum absolute atomic E-state index is 4.65. The van der Waals surface area contributed by atoms with Gasteiger partial charge in [-0.05, 0) is 5.56 Å². The Morgan fingerprint density at radius 2 is 2.00 bits per heavy atom. The number of aromatic nitrogens is 6. The standard InChI is InChI=1S/C16H15N7/c1-23-10-12(8-18-23)19-16-20-14(7-11-5-3-2-4-6-11)13-9-17-22-15(13)21-16/h2-6,8-10H,7H2,1H3,(H2,17,19,20,21,22). The molecule has 0 bridgehead atoms. The average Bonchev–Trinajstić information content (AvgIpc) is 3.17. The Labute approximate surface area is 132 Å². The first-order valence-corrected chi connectivity index (χ1v) is 7.27. The first-order chi connectivity index (χ1) is 11.3. The molecule has 4 aromatic rings. The SMILES string of the molecule is Cn1cc(Nc2nc(Cc3ccccc3)c3cn[nH]c3n2)cn1. The number of nitrogens with one attached hydrogen (secondary N) is 2. The third kappa shape index (κ3) is 2.76. The van der Waals surface area contributed by atoms with Crippen molar-refractivity contribution in [2.75, 3.05) is 5.32 Å². The van der Waals surface area contributed by atoms with Gasteiger partial charge < -0.3 is 5.32 Å². The third-order valence-electron chi connectivity index (χ3n) is 3.56. The van der Waals surface area contributed by atoms with Gasteiger partial charge in [-0.3, -0.25) is 9.78 Å². The van der Waals surface area contributed by atoms with Gasteiger partial charge in [-0.1, -0.05) is 30.3 Å². The molecule has 0 fully saturated rings. The molecule has 3 aromatic heterocycles. The molecule has 4 rings (SSSR count). The van der Waals surface area contributed by atoms with Crippen molar-refractivity contribution in [1.82, 2.24) is 29.9 Å². The predicted octanol–water partition coefficient (Wildman–Crippen LogP) is 2.42. The van der Waals surface area contributed by atoms with E-state index < -0.39 is 0 Å². The summed E-state index contributed by atoms with van der Waals surface area (Å²) < 4.78 is 1.72. The van der Waals surface area contributed by atoms with Gasteiger partial charge in [0.2, 0.25) is 5.95 Å². The number of H-pyrrole nitrogens is 1. The third-order valence-corrected chi connectivity index (χ3v) is 3.56. The number of hydrogen-bond donors (Lipinski definition) is 2. The van der Waals surface area contributed by atoms with Crippen LogP contribution in [0.4, 0.5) is 11.6 Å². The molecule has 2 N–H and O–H groups in total. The molecule has 114 valence electrons. The van der Waals surface area contributed by atoms with Gasteiger partial charge in [0, 0.05) is 19.7 Å². The molecule has 0 aliphatic rings. The lowest BCUT2D eigenvalue weighted by atomic mass is 10.1. The Bertz CT molecular complexity index is 939. The maximum atomic E-state index is 4.65. The fourth-order valence-corrected chi connectivity index (χ4v) is 2.49. The maximum Gasteiger partial charge on any atom is 0.229 e. The summed E-state index contributed by atoms with van der Waals surface area (Å²) in [4.78, 5) is 9.12. The van der Waals surface area contributed by atoms with Crippen LogP contribution in [0.15, 0.2) is 48.9 Å². The van der Waals surface area contributed by atoms with Crippen molar-refractivity contribution in [3.63, 3.8) is 0 Å². The van der Waals surface area contributed by atoms with Gasteiger partial charge >= 0.3 is 0 Å². The van der Waals surface area contributed by atoms with E-state index in [1.165, 1.54) is 5.56 Å². The van der Waals surface area contributed by atoms with Crippen LogP contribution >= 0.6 is 0 Å². The molecule has 0 aliphatic carbocycles. The number of aromatic amines is 1. The summed E-state index contributed by atoms with van der Waals surface area (Å²) in [6, 6.07) is 10.2. The molecule has 7 nitrogen and oxygen atoms in total. The molecule has 23 heavy (non-hydrogen) atoms. The Morgan fingerprint density at radius 1 is 1.13 bits per heavy atom. The zero-order valence-electron chi connectivity index (χ0n) is 12.6. The lowest BCUT2D eigenvalue weighted by Crippen LogP contribution is -2.01. The molecule has 3 heterocycles. The van der Waals surface area contributed by atoms with Gasteiger partial charge in [0.15, 0.2) is 5.65 Å². The fraction of sp³-hybridized carbons (Fsp3) is 0.125. The highest BCUT2D eigenvalue weighted by molar-refractivity contribution is 5.78. The summed E-state index contributed by atoms with van der Waals surface area (Å²) >= 11 is 0. The lowest BCUT2D eigenvalue weighted by molar-refractivity contribution is 0.768. The van der Waals surface area contributed by atoms with Gasteiger partial charge in [-0.25, -0.2) is 4.98 Å². The molecule has 7 heteroatoms. The summed E-state index contributed by atoms with van der Waals surface area (Å²) in [5.74, 6) is 0.528. The molecular formula is C16H15N7. The van der Waals surface area contributed by atoms with Crippen LogP contribution in [0.25, 0.3) is 11.0 Å². The molecule has 0 amide bonds. The molecule has 0 atom stereocenters. The first-order valence-electron chi connectivity index (χ1n) is 7.27. The van der Waals surface area contributed by atoms with E-state index in [9.17, 15) is 0 Å². The van der Waals surface area contributed by atoms with Crippen LogP contribution in [-0.2, 0) is 13.5 Å². The highest BCUT2D eigenvalue weighted by atomic mass is 15.3. The monoisotopic (exact) mass is 305 g/mol. The van der Waals surface area contributed by atoms with Gasteiger partial charge in [0.25, 0.3) is 0 Å². The average molecular weight is 305 g/mol. The van der Waals surface area contributed by atoms with Gasteiger partial charge in [0.05, 0.1) is 29.2 Å². The number of benzene rings is 1. The van der Waals surface area contributed by atoms with Crippen LogP contribution in [0.1, 0.15) is 11.3 Å². The highest BCUT2D eigenvalue weighted by Gasteiger charge is 2.11. The van der Waals surface area contributed by atoms with E-state index in [-0.39, 0.29) is 0 Å². The van der Waals surface area contributed by atoms with E-state index in [1.807, 2.05) is 31.4 Å². The van der Waals surface area contributed by atoms with Gasteiger partial charge in [0.1, 0.15) is 0 Å². The second-order valence-corrected chi connectivity index (χ2v) is 5.32. The van der Waals surface area contributed by atoms with E-state index in [4.69, 9.17) is 0 Å². The van der Waals surface area contributed by atoms with Crippen LogP contribution in [0, 0.1) is 0 Å². The number of hydrogen-bond acceptors (Lipinski definition) is 5. The van der Waals surface area contributed by atoms with Gasteiger partial charge in [-0.15, -0.1) is 0 Å². The van der Waals surface area contributed by atoms with Crippen LogP contribution in [0.2, 0.25) is 0 Å². The lowest BCUT2D eigenvalue weighted by Gasteiger charge is -2.06. The molecular weight excluding hydrogens is 290 g/mol. The second kappa shape index (κ2) is 5.53. The van der Waals surface area contributed by atoms with E-state index in [2.05, 4.69) is 42.7 Å². The molecule has 0 saturated heterocycles. The normalized spacial score (nSPS) is 11.0. The number of rotatable bonds is 4. The van der Waals surface area contributed by atoms with Crippen LogP contribution in [0.3, 0.4) is 0 Å². The largest absolute Gasteiger partial charge is 0.321 e. The van der Waals surface area contributed by atoms with Crippen molar-refractivity contribution in [3.05, 3.63) is 60.2 Å². The first kappa shape index (κ1) is 13.4. The Kier molecular flexibility index (Phi) is 3.23. The molecule has 0 unspecified atom stereocenters. The zero-order chi connectivity index (χ0) is 15.6. The number of anilines is 2. The Balaban J connectivity index is 1.72. The van der Waals surface area contributed by atoms with Crippen LogP contribution < -0.4 is 5.32 Å². The van der Waals surface area contributed by atoms with E-state index in [0.717, 1.165) is 28.8 Å². The molecule has 0 spiro atoms. The van der Waals surface area contributed by atoms with Crippen molar-refractivity contribution in [3.8, 4) is 0 Å². The number of nitrogens with zero attached hydrogens (tertiary/aromatic N) is 5.